The summed E-state index contributed by atoms with van der Waals surface area (Å²) >= 11 is 0. The second-order valence-electron chi connectivity index (χ2n) is 4.93. The number of urea groups is 1. The first kappa shape index (κ1) is 15.9. The second-order valence-corrected chi connectivity index (χ2v) is 4.93. The van der Waals surface area contributed by atoms with Gasteiger partial charge in [-0.3, -0.25) is 0 Å². The molecule has 2 rings (SSSR count). The molecule has 22 heavy (non-hydrogen) atoms. The highest BCUT2D eigenvalue weighted by atomic mass is 16.5. The molecule has 118 valence electrons. The summed E-state index contributed by atoms with van der Waals surface area (Å²) in [5, 5.41) is 5.58. The Labute approximate surface area is 130 Å². The van der Waals surface area contributed by atoms with Crippen molar-refractivity contribution in [3.63, 3.8) is 0 Å². The first-order chi connectivity index (χ1) is 10.8. The molecule has 0 bridgehead atoms. The first-order valence-corrected chi connectivity index (χ1v) is 7.53. The minimum Gasteiger partial charge on any atom is -0.494 e. The van der Waals surface area contributed by atoms with Gasteiger partial charge in [-0.25, -0.2) is 9.78 Å². The average Bonchev–Trinajstić information content (AvgIpc) is 3.03. The zero-order chi connectivity index (χ0) is 15.6. The third-order valence-electron chi connectivity index (χ3n) is 3.11. The van der Waals surface area contributed by atoms with Crippen molar-refractivity contribution in [2.24, 2.45) is 0 Å². The molecule has 0 saturated carbocycles. The summed E-state index contributed by atoms with van der Waals surface area (Å²) in [7, 11) is 0. The molecule has 1 aromatic heterocycles. The van der Waals surface area contributed by atoms with Crippen molar-refractivity contribution in [3.8, 4) is 5.75 Å². The predicted molar refractivity (Wildman–Crippen MR) is 86.2 cm³/mol. The molecule has 0 aliphatic heterocycles. The zero-order valence-electron chi connectivity index (χ0n) is 12.8. The second kappa shape index (κ2) is 8.71. The van der Waals surface area contributed by atoms with Crippen molar-refractivity contribution in [3.05, 3.63) is 42.5 Å². The van der Waals surface area contributed by atoms with Crippen molar-refractivity contribution in [2.75, 3.05) is 18.5 Å². The molecule has 0 saturated heterocycles. The number of benzene rings is 1. The number of ether oxygens (including phenoxy) is 1. The van der Waals surface area contributed by atoms with Gasteiger partial charge < -0.3 is 20.4 Å². The van der Waals surface area contributed by atoms with E-state index in [9.17, 15) is 4.79 Å². The van der Waals surface area contributed by atoms with Crippen LogP contribution < -0.4 is 15.4 Å². The van der Waals surface area contributed by atoms with Gasteiger partial charge in [0.05, 0.1) is 12.9 Å². The maximum atomic E-state index is 11.8. The molecule has 3 N–H and O–H groups in total. The van der Waals surface area contributed by atoms with Crippen molar-refractivity contribution in [2.45, 2.75) is 26.2 Å². The van der Waals surface area contributed by atoms with Crippen LogP contribution in [-0.2, 0) is 6.42 Å². The van der Waals surface area contributed by atoms with Crippen molar-refractivity contribution in [1.82, 2.24) is 15.3 Å². The molecule has 0 spiro atoms. The standard InChI is InChI=1S/C16H22N4O2/c1-2-3-10-22-15-6-4-13(5-7-15)20-16(21)18-9-8-14-11-17-12-19-14/h4-7,11-12H,2-3,8-10H2,1H3,(H,17,19)(H2,18,20,21). The molecule has 6 heteroatoms. The van der Waals surface area contributed by atoms with Crippen LogP contribution in [0.1, 0.15) is 25.5 Å². The predicted octanol–water partition coefficient (Wildman–Crippen LogP) is 2.95. The lowest BCUT2D eigenvalue weighted by atomic mass is 10.3. The minimum absolute atomic E-state index is 0.223. The number of imidazole rings is 1. The van der Waals surface area contributed by atoms with Crippen LogP contribution in [0.25, 0.3) is 0 Å². The molecule has 1 aromatic carbocycles. The molecule has 0 unspecified atom stereocenters. The number of amides is 2. The van der Waals surface area contributed by atoms with E-state index in [0.717, 1.165) is 43.0 Å². The van der Waals surface area contributed by atoms with Crippen molar-refractivity contribution in [1.29, 1.82) is 0 Å². The number of aromatic amines is 1. The fourth-order valence-corrected chi connectivity index (χ4v) is 1.88. The first-order valence-electron chi connectivity index (χ1n) is 7.53. The largest absolute Gasteiger partial charge is 0.494 e. The Hall–Kier alpha value is -2.50. The number of rotatable bonds is 8. The molecule has 2 aromatic rings. The van der Waals surface area contributed by atoms with Gasteiger partial charge >= 0.3 is 6.03 Å². The molecular weight excluding hydrogens is 280 g/mol. The Morgan fingerprint density at radius 1 is 1.32 bits per heavy atom. The van der Waals surface area contributed by atoms with Crippen LogP contribution >= 0.6 is 0 Å². The maximum Gasteiger partial charge on any atom is 0.319 e. The van der Waals surface area contributed by atoms with Crippen LogP contribution in [-0.4, -0.2) is 29.2 Å². The minimum atomic E-state index is -0.223. The number of carbonyl (C=O) groups is 1. The van der Waals surface area contributed by atoms with Gasteiger partial charge in [-0.05, 0) is 30.7 Å². The summed E-state index contributed by atoms with van der Waals surface area (Å²) in [5.74, 6) is 0.818. The van der Waals surface area contributed by atoms with E-state index in [2.05, 4.69) is 27.5 Å². The summed E-state index contributed by atoms with van der Waals surface area (Å²) in [6.45, 7) is 3.39. The van der Waals surface area contributed by atoms with Crippen LogP contribution in [0.15, 0.2) is 36.8 Å². The monoisotopic (exact) mass is 302 g/mol. The number of unbranched alkanes of at least 4 members (excludes halogenated alkanes) is 1. The summed E-state index contributed by atoms with van der Waals surface area (Å²) in [6.07, 6.45) is 6.24. The molecule has 0 aliphatic rings. The van der Waals surface area contributed by atoms with Gasteiger partial charge in [0.1, 0.15) is 5.75 Å². The molecule has 0 aliphatic carbocycles. The Morgan fingerprint density at radius 2 is 2.14 bits per heavy atom. The van der Waals surface area contributed by atoms with Gasteiger partial charge in [-0.2, -0.15) is 0 Å². The Balaban J connectivity index is 1.69. The van der Waals surface area contributed by atoms with Gasteiger partial charge in [-0.15, -0.1) is 0 Å². The number of H-pyrrole nitrogens is 1. The third-order valence-corrected chi connectivity index (χ3v) is 3.11. The molecule has 0 fully saturated rings. The van der Waals surface area contributed by atoms with Gasteiger partial charge in [0, 0.05) is 30.5 Å². The summed E-state index contributed by atoms with van der Waals surface area (Å²) in [5.41, 5.74) is 1.73. The fraction of sp³-hybridized carbons (Fsp3) is 0.375. The number of hydrogen-bond acceptors (Lipinski definition) is 3. The molecule has 6 nitrogen and oxygen atoms in total. The van der Waals surface area contributed by atoms with Crippen molar-refractivity contribution < 1.29 is 9.53 Å². The number of nitrogens with one attached hydrogen (secondary N) is 3. The van der Waals surface area contributed by atoms with E-state index in [1.165, 1.54) is 0 Å². The van der Waals surface area contributed by atoms with E-state index in [0.29, 0.717) is 6.54 Å². The van der Waals surface area contributed by atoms with E-state index < -0.39 is 0 Å². The molecule has 0 atom stereocenters. The lowest BCUT2D eigenvalue weighted by Gasteiger charge is -2.09. The number of nitrogens with zero attached hydrogens (tertiary/aromatic N) is 1. The van der Waals surface area contributed by atoms with E-state index in [1.807, 2.05) is 24.3 Å². The van der Waals surface area contributed by atoms with E-state index in [4.69, 9.17) is 4.74 Å². The topological polar surface area (TPSA) is 79.0 Å². The zero-order valence-corrected chi connectivity index (χ0v) is 12.8. The average molecular weight is 302 g/mol. The van der Waals surface area contributed by atoms with E-state index >= 15 is 0 Å². The highest BCUT2D eigenvalue weighted by molar-refractivity contribution is 5.89. The van der Waals surface area contributed by atoms with Gasteiger partial charge in [0.2, 0.25) is 0 Å². The normalized spacial score (nSPS) is 10.2. The molecular formula is C16H22N4O2. The van der Waals surface area contributed by atoms with Crippen LogP contribution in [0, 0.1) is 0 Å². The SMILES string of the molecule is CCCCOc1ccc(NC(=O)NCCc2cnc[nH]2)cc1. The van der Waals surface area contributed by atoms with E-state index in [-0.39, 0.29) is 6.03 Å². The third kappa shape index (κ3) is 5.47. The molecule has 0 radical (unpaired) electrons. The maximum absolute atomic E-state index is 11.8. The fourth-order valence-electron chi connectivity index (χ4n) is 1.88. The summed E-state index contributed by atoms with van der Waals surface area (Å²) in [4.78, 5) is 18.7. The van der Waals surface area contributed by atoms with Crippen molar-refractivity contribution >= 4 is 11.7 Å². The number of hydrogen-bond donors (Lipinski definition) is 3. The molecule has 1 heterocycles. The smallest absolute Gasteiger partial charge is 0.319 e. The summed E-state index contributed by atoms with van der Waals surface area (Å²) < 4.78 is 5.57. The van der Waals surface area contributed by atoms with Crippen LogP contribution in [0.4, 0.5) is 10.5 Å². The quantitative estimate of drug-likeness (QED) is 0.656. The number of carbonyl (C=O) groups excluding carboxylic acids is 1. The number of aromatic nitrogens is 2. The van der Waals surface area contributed by atoms with Crippen LogP contribution in [0.5, 0.6) is 5.75 Å². The van der Waals surface area contributed by atoms with E-state index in [1.54, 1.807) is 12.5 Å². The Kier molecular flexibility index (Phi) is 6.29. The van der Waals surface area contributed by atoms with Gasteiger partial charge in [-0.1, -0.05) is 13.3 Å². The Morgan fingerprint density at radius 3 is 2.82 bits per heavy atom. The summed E-state index contributed by atoms with van der Waals surface area (Å²) in [6, 6.07) is 7.15. The van der Waals surface area contributed by atoms with Gasteiger partial charge in [0.15, 0.2) is 0 Å². The lowest BCUT2D eigenvalue weighted by Crippen LogP contribution is -2.30. The highest BCUT2D eigenvalue weighted by Gasteiger charge is 2.02. The van der Waals surface area contributed by atoms with Crippen LogP contribution in [0.3, 0.4) is 0 Å². The number of anilines is 1. The lowest BCUT2D eigenvalue weighted by molar-refractivity contribution is 0.252. The van der Waals surface area contributed by atoms with Crippen LogP contribution in [0.2, 0.25) is 0 Å². The highest BCUT2D eigenvalue weighted by Crippen LogP contribution is 2.15. The Bertz CT molecular complexity index is 552. The molecule has 2 amide bonds. The van der Waals surface area contributed by atoms with Gasteiger partial charge in [0.25, 0.3) is 0 Å².